The van der Waals surface area contributed by atoms with Gasteiger partial charge in [0.05, 0.1) is 0 Å². The number of hydrogen-bond donors (Lipinski definition) is 0. The first-order valence-electron chi connectivity index (χ1n) is 16.8. The first kappa shape index (κ1) is 31.4. The summed E-state index contributed by atoms with van der Waals surface area (Å²) in [5.41, 5.74) is 15.4. The van der Waals surface area contributed by atoms with Crippen molar-refractivity contribution >= 4 is 40.4 Å². The summed E-state index contributed by atoms with van der Waals surface area (Å²) in [4.78, 5) is 2.32. The molecule has 7 aromatic rings. The minimum atomic E-state index is 1.10. The molecular weight excluding hydrogens is 591 g/mol. The highest BCUT2D eigenvalue weighted by Crippen LogP contribution is 2.36. The first-order valence-corrected chi connectivity index (χ1v) is 16.8. The zero-order valence-corrected chi connectivity index (χ0v) is 28.0. The molecule has 0 heterocycles. The fourth-order valence-corrected chi connectivity index (χ4v) is 6.17. The van der Waals surface area contributed by atoms with Crippen LogP contribution in [-0.4, -0.2) is 0 Å². The molecule has 7 rings (SSSR count). The lowest BCUT2D eigenvalue weighted by molar-refractivity contribution is 1.28. The number of anilines is 3. The molecule has 0 saturated carbocycles. The third kappa shape index (κ3) is 7.53. The maximum Gasteiger partial charge on any atom is 0.0462 e. The van der Waals surface area contributed by atoms with E-state index in [2.05, 4.69) is 219 Å². The van der Waals surface area contributed by atoms with Crippen LogP contribution < -0.4 is 4.90 Å². The summed E-state index contributed by atoms with van der Waals surface area (Å²) in [6, 6.07) is 67.1. The quantitative estimate of drug-likeness (QED) is 0.144. The number of rotatable bonds is 9. The molecule has 236 valence electrons. The molecule has 0 aliphatic heterocycles. The smallest absolute Gasteiger partial charge is 0.0462 e. The number of hydrogen-bond acceptors (Lipinski definition) is 1. The van der Waals surface area contributed by atoms with Crippen molar-refractivity contribution in [2.75, 3.05) is 4.90 Å². The Morgan fingerprint density at radius 3 is 1.00 bits per heavy atom. The van der Waals surface area contributed by atoms with Gasteiger partial charge in [0.1, 0.15) is 0 Å². The van der Waals surface area contributed by atoms with Gasteiger partial charge in [-0.1, -0.05) is 163 Å². The Morgan fingerprint density at radius 1 is 0.327 bits per heavy atom. The summed E-state index contributed by atoms with van der Waals surface area (Å²) >= 11 is 0. The molecular formula is C48H39N. The van der Waals surface area contributed by atoms with Crippen molar-refractivity contribution in [3.63, 3.8) is 0 Å². The summed E-state index contributed by atoms with van der Waals surface area (Å²) < 4.78 is 0. The molecule has 0 unspecified atom stereocenters. The van der Waals surface area contributed by atoms with Gasteiger partial charge in [-0.2, -0.15) is 0 Å². The number of para-hydroxylation sites is 1. The fourth-order valence-electron chi connectivity index (χ4n) is 6.17. The third-order valence-corrected chi connectivity index (χ3v) is 8.83. The van der Waals surface area contributed by atoms with Crippen LogP contribution in [0.5, 0.6) is 0 Å². The van der Waals surface area contributed by atoms with Crippen LogP contribution in [-0.2, 0) is 0 Å². The van der Waals surface area contributed by atoms with E-state index >= 15 is 0 Å². The highest BCUT2D eigenvalue weighted by molar-refractivity contribution is 5.93. The lowest BCUT2D eigenvalue weighted by atomic mass is 9.95. The maximum absolute atomic E-state index is 2.32. The van der Waals surface area contributed by atoms with E-state index in [-0.39, 0.29) is 0 Å². The van der Waals surface area contributed by atoms with E-state index < -0.39 is 0 Å². The number of benzene rings is 7. The van der Waals surface area contributed by atoms with Crippen molar-refractivity contribution < 1.29 is 0 Å². The van der Waals surface area contributed by atoms with Crippen molar-refractivity contribution in [1.82, 2.24) is 0 Å². The SMILES string of the molecule is Cc1ccc(C(=Cc2ccc(N(c3ccccc3)c3ccc(C=C(c4ccccc4)c4ccc(C)cc4)cc3)cc2)c2ccccc2)cc1. The van der Waals surface area contributed by atoms with Crippen molar-refractivity contribution in [1.29, 1.82) is 0 Å². The van der Waals surface area contributed by atoms with Crippen molar-refractivity contribution in [3.8, 4) is 0 Å². The Labute approximate surface area is 290 Å². The molecule has 0 N–H and O–H groups in total. The molecule has 0 amide bonds. The zero-order valence-electron chi connectivity index (χ0n) is 28.0. The van der Waals surface area contributed by atoms with Crippen LogP contribution in [0, 0.1) is 13.8 Å². The Balaban J connectivity index is 1.23. The van der Waals surface area contributed by atoms with Gasteiger partial charge in [-0.25, -0.2) is 0 Å². The molecule has 0 bridgehead atoms. The topological polar surface area (TPSA) is 3.24 Å². The molecule has 0 spiro atoms. The standard InChI is InChI=1S/C48H39N/c1-36-18-26-42(27-19-36)47(40-12-6-3-7-13-40)34-38-22-30-45(31-23-38)49(44-16-10-5-11-17-44)46-32-24-39(25-33-46)35-48(41-14-8-4-9-15-41)43-28-20-37(2)21-29-43/h3-35H,1-2H3. The Bertz CT molecular complexity index is 2020. The van der Waals surface area contributed by atoms with Gasteiger partial charge in [-0.05, 0) is 107 Å². The van der Waals surface area contributed by atoms with Gasteiger partial charge in [0.15, 0.2) is 0 Å². The molecule has 0 radical (unpaired) electrons. The summed E-state index contributed by atoms with van der Waals surface area (Å²) in [6.45, 7) is 4.26. The van der Waals surface area contributed by atoms with Gasteiger partial charge in [-0.15, -0.1) is 0 Å². The summed E-state index contributed by atoms with van der Waals surface area (Å²) in [5.74, 6) is 0. The molecule has 0 aliphatic rings. The van der Waals surface area contributed by atoms with Crippen LogP contribution in [0.4, 0.5) is 17.1 Å². The molecule has 0 fully saturated rings. The van der Waals surface area contributed by atoms with E-state index in [9.17, 15) is 0 Å². The predicted molar refractivity (Wildman–Crippen MR) is 210 cm³/mol. The second-order valence-electron chi connectivity index (χ2n) is 12.4. The molecule has 0 saturated heterocycles. The molecule has 0 atom stereocenters. The molecule has 1 nitrogen and oxygen atoms in total. The van der Waals surface area contributed by atoms with Crippen LogP contribution in [0.2, 0.25) is 0 Å². The van der Waals surface area contributed by atoms with Gasteiger partial charge in [0.25, 0.3) is 0 Å². The minimum Gasteiger partial charge on any atom is -0.311 e. The van der Waals surface area contributed by atoms with E-state index in [0.717, 1.165) is 28.2 Å². The van der Waals surface area contributed by atoms with Gasteiger partial charge >= 0.3 is 0 Å². The molecule has 7 aromatic carbocycles. The number of aryl methyl sites for hydroxylation is 2. The minimum absolute atomic E-state index is 1.10. The monoisotopic (exact) mass is 629 g/mol. The Hall–Kier alpha value is -6.18. The molecule has 49 heavy (non-hydrogen) atoms. The Kier molecular flexibility index (Phi) is 9.43. The summed E-state index contributed by atoms with van der Waals surface area (Å²) in [5, 5.41) is 0. The maximum atomic E-state index is 2.32. The van der Waals surface area contributed by atoms with E-state index in [1.807, 2.05) is 0 Å². The molecule has 0 aromatic heterocycles. The lowest BCUT2D eigenvalue weighted by Crippen LogP contribution is -2.09. The number of nitrogens with zero attached hydrogens (tertiary/aromatic N) is 1. The van der Waals surface area contributed by atoms with E-state index in [4.69, 9.17) is 0 Å². The van der Waals surface area contributed by atoms with Crippen LogP contribution in [0.25, 0.3) is 23.3 Å². The van der Waals surface area contributed by atoms with Crippen LogP contribution in [0.3, 0.4) is 0 Å². The third-order valence-electron chi connectivity index (χ3n) is 8.83. The van der Waals surface area contributed by atoms with E-state index in [1.165, 1.54) is 44.5 Å². The highest BCUT2D eigenvalue weighted by atomic mass is 15.1. The average Bonchev–Trinajstić information content (AvgIpc) is 3.16. The van der Waals surface area contributed by atoms with Crippen molar-refractivity contribution in [2.24, 2.45) is 0 Å². The predicted octanol–water partition coefficient (Wildman–Crippen LogP) is 13.0. The molecule has 1 heteroatoms. The lowest BCUT2D eigenvalue weighted by Gasteiger charge is -2.25. The van der Waals surface area contributed by atoms with Crippen LogP contribution in [0.1, 0.15) is 44.5 Å². The largest absolute Gasteiger partial charge is 0.311 e. The highest BCUT2D eigenvalue weighted by Gasteiger charge is 2.13. The Morgan fingerprint density at radius 2 is 0.633 bits per heavy atom. The van der Waals surface area contributed by atoms with Gasteiger partial charge in [-0.3, -0.25) is 0 Å². The second-order valence-corrected chi connectivity index (χ2v) is 12.4. The van der Waals surface area contributed by atoms with Crippen LogP contribution >= 0.6 is 0 Å². The fraction of sp³-hybridized carbons (Fsp3) is 0.0417. The van der Waals surface area contributed by atoms with Gasteiger partial charge < -0.3 is 4.90 Å². The summed E-state index contributed by atoms with van der Waals surface area (Å²) in [7, 11) is 0. The average molecular weight is 630 g/mol. The van der Waals surface area contributed by atoms with Crippen LogP contribution in [0.15, 0.2) is 188 Å². The first-order chi connectivity index (χ1) is 24.1. The summed E-state index contributed by atoms with van der Waals surface area (Å²) in [6.07, 6.45) is 4.58. The van der Waals surface area contributed by atoms with Gasteiger partial charge in [0.2, 0.25) is 0 Å². The zero-order chi connectivity index (χ0) is 33.4. The second kappa shape index (κ2) is 14.7. The van der Waals surface area contributed by atoms with E-state index in [0.29, 0.717) is 0 Å². The molecule has 0 aliphatic carbocycles. The van der Waals surface area contributed by atoms with E-state index in [1.54, 1.807) is 0 Å². The van der Waals surface area contributed by atoms with Gasteiger partial charge in [0, 0.05) is 17.1 Å². The van der Waals surface area contributed by atoms with Crippen molar-refractivity contribution in [2.45, 2.75) is 13.8 Å². The van der Waals surface area contributed by atoms with Crippen molar-refractivity contribution in [3.05, 3.63) is 233 Å². The normalized spacial score (nSPS) is 11.7.